The average molecular weight is 450 g/mol. The van der Waals surface area contributed by atoms with Gasteiger partial charge >= 0.3 is 5.97 Å². The first-order chi connectivity index (χ1) is 14.3. The van der Waals surface area contributed by atoms with Gasteiger partial charge in [-0.25, -0.2) is 17.9 Å². The minimum absolute atomic E-state index is 0.0627. The Kier molecular flexibility index (Phi) is 8.53. The van der Waals surface area contributed by atoms with Crippen LogP contribution in [0.4, 0.5) is 0 Å². The van der Waals surface area contributed by atoms with Gasteiger partial charge in [-0.1, -0.05) is 19.1 Å². The van der Waals surface area contributed by atoms with Crippen LogP contribution in [0.5, 0.6) is 0 Å². The van der Waals surface area contributed by atoms with Crippen LogP contribution in [0.2, 0.25) is 0 Å². The standard InChI is InChI=1S/C21H27N3O4S2/c1-5-18-17(14-22)19(20(24(18)4)21(25)28-6-2)15-8-10-16(11-9-15)29-13-12-23-30(26,27)7-3/h8-11,23H,5-7,12-13H2,1-4H3. The first-order valence-electron chi connectivity index (χ1n) is 9.78. The summed E-state index contributed by atoms with van der Waals surface area (Å²) in [5, 5.41) is 9.75. The van der Waals surface area contributed by atoms with Crippen molar-refractivity contribution in [3.05, 3.63) is 41.2 Å². The van der Waals surface area contributed by atoms with E-state index in [1.54, 1.807) is 25.5 Å². The molecule has 1 aromatic heterocycles. The Bertz CT molecular complexity index is 1040. The van der Waals surface area contributed by atoms with Gasteiger partial charge in [0.25, 0.3) is 0 Å². The molecule has 1 aromatic carbocycles. The van der Waals surface area contributed by atoms with E-state index in [0.29, 0.717) is 35.5 Å². The molecule has 9 heteroatoms. The fraction of sp³-hybridized carbons (Fsp3) is 0.429. The third kappa shape index (κ3) is 5.45. The van der Waals surface area contributed by atoms with Crippen molar-refractivity contribution in [3.63, 3.8) is 0 Å². The SMILES string of the molecule is CCOC(=O)c1c(-c2ccc(SCCNS(=O)(=O)CC)cc2)c(C#N)c(CC)n1C. The Labute approximate surface area is 182 Å². The van der Waals surface area contributed by atoms with Crippen LogP contribution in [-0.4, -0.2) is 43.6 Å². The maximum atomic E-state index is 12.6. The molecule has 0 saturated carbocycles. The number of nitrogens with one attached hydrogen (secondary N) is 1. The van der Waals surface area contributed by atoms with Crippen LogP contribution in [0.1, 0.15) is 42.5 Å². The van der Waals surface area contributed by atoms with E-state index in [9.17, 15) is 18.5 Å². The van der Waals surface area contributed by atoms with Crippen LogP contribution in [0.3, 0.4) is 0 Å². The lowest BCUT2D eigenvalue weighted by Crippen LogP contribution is -2.27. The van der Waals surface area contributed by atoms with Gasteiger partial charge in [0.05, 0.1) is 17.9 Å². The van der Waals surface area contributed by atoms with E-state index in [4.69, 9.17) is 4.74 Å². The summed E-state index contributed by atoms with van der Waals surface area (Å²) in [5.41, 5.74) is 3.00. The molecule has 0 amide bonds. The summed E-state index contributed by atoms with van der Waals surface area (Å²) in [6, 6.07) is 9.80. The Morgan fingerprint density at radius 2 is 1.90 bits per heavy atom. The number of carbonyl (C=O) groups excluding carboxylic acids is 1. The van der Waals surface area contributed by atoms with E-state index in [-0.39, 0.29) is 12.4 Å². The number of hydrogen-bond acceptors (Lipinski definition) is 6. The fourth-order valence-corrected chi connectivity index (χ4v) is 4.69. The van der Waals surface area contributed by atoms with Crippen molar-refractivity contribution >= 4 is 27.8 Å². The van der Waals surface area contributed by atoms with Crippen LogP contribution in [0.15, 0.2) is 29.2 Å². The minimum atomic E-state index is -3.19. The van der Waals surface area contributed by atoms with Crippen molar-refractivity contribution in [2.24, 2.45) is 7.05 Å². The summed E-state index contributed by atoms with van der Waals surface area (Å²) in [4.78, 5) is 13.6. The first-order valence-corrected chi connectivity index (χ1v) is 12.4. The van der Waals surface area contributed by atoms with E-state index < -0.39 is 16.0 Å². The maximum absolute atomic E-state index is 12.6. The number of ether oxygens (including phenoxy) is 1. The van der Waals surface area contributed by atoms with Crippen molar-refractivity contribution < 1.29 is 17.9 Å². The predicted octanol–water partition coefficient (Wildman–Crippen LogP) is 3.33. The zero-order valence-electron chi connectivity index (χ0n) is 17.7. The molecule has 7 nitrogen and oxygen atoms in total. The van der Waals surface area contributed by atoms with Gasteiger partial charge in [0, 0.05) is 35.5 Å². The molecule has 0 aliphatic rings. The van der Waals surface area contributed by atoms with Gasteiger partial charge in [0.1, 0.15) is 11.8 Å². The summed E-state index contributed by atoms with van der Waals surface area (Å²) in [7, 11) is -1.41. The Hall–Kier alpha value is -2.28. The number of rotatable bonds is 10. The van der Waals surface area contributed by atoms with Crippen LogP contribution in [-0.2, 0) is 28.2 Å². The molecule has 1 heterocycles. The van der Waals surface area contributed by atoms with E-state index in [2.05, 4.69) is 10.8 Å². The molecule has 0 aliphatic carbocycles. The van der Waals surface area contributed by atoms with E-state index in [1.807, 2.05) is 31.2 Å². The molecule has 0 atom stereocenters. The molecule has 0 saturated heterocycles. The average Bonchev–Trinajstić information content (AvgIpc) is 3.03. The third-order valence-electron chi connectivity index (χ3n) is 4.65. The number of thioether (sulfide) groups is 1. The number of sulfonamides is 1. The van der Waals surface area contributed by atoms with Gasteiger partial charge in [-0.15, -0.1) is 11.8 Å². The van der Waals surface area contributed by atoms with Crippen LogP contribution < -0.4 is 4.72 Å². The summed E-state index contributed by atoms with van der Waals surface area (Å²) >= 11 is 1.53. The normalized spacial score (nSPS) is 11.3. The van der Waals surface area contributed by atoms with Crippen LogP contribution in [0.25, 0.3) is 11.1 Å². The van der Waals surface area contributed by atoms with E-state index in [0.717, 1.165) is 16.2 Å². The molecular formula is C21H27N3O4S2. The smallest absolute Gasteiger partial charge is 0.355 e. The molecule has 0 spiro atoms. The second-order valence-corrected chi connectivity index (χ2v) is 9.72. The first kappa shape index (κ1) is 24.0. The third-order valence-corrected chi connectivity index (χ3v) is 7.06. The predicted molar refractivity (Wildman–Crippen MR) is 119 cm³/mol. The lowest BCUT2D eigenvalue weighted by molar-refractivity contribution is 0.0516. The van der Waals surface area contributed by atoms with Crippen molar-refractivity contribution in [3.8, 4) is 17.2 Å². The molecule has 30 heavy (non-hydrogen) atoms. The fourth-order valence-electron chi connectivity index (χ4n) is 3.17. The van der Waals surface area contributed by atoms with Gasteiger partial charge in [0.15, 0.2) is 0 Å². The number of benzene rings is 1. The highest BCUT2D eigenvalue weighted by molar-refractivity contribution is 7.99. The minimum Gasteiger partial charge on any atom is -0.461 e. The van der Waals surface area contributed by atoms with Gasteiger partial charge in [0.2, 0.25) is 10.0 Å². The van der Waals surface area contributed by atoms with Gasteiger partial charge in [-0.05, 0) is 38.0 Å². The number of esters is 1. The highest BCUT2D eigenvalue weighted by atomic mass is 32.2. The number of carbonyl (C=O) groups is 1. The molecule has 162 valence electrons. The van der Waals surface area contributed by atoms with Crippen LogP contribution >= 0.6 is 11.8 Å². The topological polar surface area (TPSA) is 101 Å². The van der Waals surface area contributed by atoms with E-state index >= 15 is 0 Å². The van der Waals surface area contributed by atoms with Crippen molar-refractivity contribution in [1.82, 2.24) is 9.29 Å². The summed E-state index contributed by atoms with van der Waals surface area (Å²) in [5.74, 6) is 0.210. The van der Waals surface area contributed by atoms with Crippen molar-refractivity contribution in [2.75, 3.05) is 24.7 Å². The zero-order valence-corrected chi connectivity index (χ0v) is 19.3. The molecule has 1 N–H and O–H groups in total. The van der Waals surface area contributed by atoms with Gasteiger partial charge < -0.3 is 9.30 Å². The number of aromatic nitrogens is 1. The zero-order chi connectivity index (χ0) is 22.3. The summed E-state index contributed by atoms with van der Waals surface area (Å²) in [6.07, 6.45) is 0.618. The lowest BCUT2D eigenvalue weighted by Gasteiger charge is -2.09. The highest BCUT2D eigenvalue weighted by Crippen LogP contribution is 2.34. The number of hydrogen-bond donors (Lipinski definition) is 1. The number of nitriles is 1. The highest BCUT2D eigenvalue weighted by Gasteiger charge is 2.26. The second-order valence-electron chi connectivity index (χ2n) is 6.46. The van der Waals surface area contributed by atoms with Crippen molar-refractivity contribution in [1.29, 1.82) is 5.26 Å². The number of nitrogens with zero attached hydrogens (tertiary/aromatic N) is 2. The molecule has 0 fully saturated rings. The quantitative estimate of drug-likeness (QED) is 0.339. The monoisotopic (exact) mass is 449 g/mol. The molecule has 0 bridgehead atoms. The maximum Gasteiger partial charge on any atom is 0.355 e. The molecule has 0 aliphatic heterocycles. The summed E-state index contributed by atoms with van der Waals surface area (Å²) < 4.78 is 32.5. The Balaban J connectivity index is 2.29. The second kappa shape index (κ2) is 10.7. The molecule has 2 aromatic rings. The van der Waals surface area contributed by atoms with Gasteiger partial charge in [-0.3, -0.25) is 0 Å². The van der Waals surface area contributed by atoms with E-state index in [1.165, 1.54) is 11.8 Å². The van der Waals surface area contributed by atoms with Gasteiger partial charge in [-0.2, -0.15) is 5.26 Å². The van der Waals surface area contributed by atoms with Crippen molar-refractivity contribution in [2.45, 2.75) is 32.1 Å². The Morgan fingerprint density at radius 3 is 2.43 bits per heavy atom. The molecule has 0 unspecified atom stereocenters. The Morgan fingerprint density at radius 1 is 1.23 bits per heavy atom. The molecule has 2 rings (SSSR count). The molecule has 0 radical (unpaired) electrons. The van der Waals surface area contributed by atoms with Crippen LogP contribution in [0, 0.1) is 11.3 Å². The summed E-state index contributed by atoms with van der Waals surface area (Å²) in [6.45, 7) is 5.90. The largest absolute Gasteiger partial charge is 0.461 e. The lowest BCUT2D eigenvalue weighted by atomic mass is 10.00. The molecular weight excluding hydrogens is 422 g/mol.